The van der Waals surface area contributed by atoms with E-state index in [9.17, 15) is 0 Å². The molecule has 1 saturated carbocycles. The highest BCUT2D eigenvalue weighted by Gasteiger charge is 2.27. The molecule has 28 heavy (non-hydrogen) atoms. The van der Waals surface area contributed by atoms with Crippen LogP contribution in [0.1, 0.15) is 49.1 Å². The second-order valence-corrected chi connectivity index (χ2v) is 8.59. The van der Waals surface area contributed by atoms with Gasteiger partial charge in [-0.1, -0.05) is 19.3 Å². The monoisotopic (exact) mass is 378 g/mol. The molecule has 3 aromatic heterocycles. The van der Waals surface area contributed by atoms with Crippen molar-refractivity contribution in [2.24, 2.45) is 0 Å². The lowest BCUT2D eigenvalue weighted by atomic mass is 9.94. The van der Waals surface area contributed by atoms with Crippen molar-refractivity contribution in [3.63, 3.8) is 0 Å². The summed E-state index contributed by atoms with van der Waals surface area (Å²) in [6, 6.07) is 5.10. The van der Waals surface area contributed by atoms with E-state index in [1.165, 1.54) is 37.7 Å². The fraction of sp³-hybridized carbons (Fsp3) is 0.591. The first-order valence-electron chi connectivity index (χ1n) is 10.7. The molecule has 5 rings (SSSR count). The standard InChI is InChI=1S/C22H30N6/c1-15-13-16(2)23-21-20(15)22-24-17(3)14-19(28(22)25-21)27-11-9-26(10-12-27)18-7-5-4-6-8-18/h13-14,18H,4-12H2,1-3H3. The fourth-order valence-corrected chi connectivity index (χ4v) is 5.11. The van der Waals surface area contributed by atoms with Gasteiger partial charge < -0.3 is 4.90 Å². The average molecular weight is 379 g/mol. The summed E-state index contributed by atoms with van der Waals surface area (Å²) in [6.07, 6.45) is 6.99. The maximum absolute atomic E-state index is 4.85. The van der Waals surface area contributed by atoms with Gasteiger partial charge in [-0.15, -0.1) is 5.10 Å². The lowest BCUT2D eigenvalue weighted by Crippen LogP contribution is -2.51. The molecule has 0 radical (unpaired) electrons. The minimum Gasteiger partial charge on any atom is -0.354 e. The van der Waals surface area contributed by atoms with Gasteiger partial charge in [-0.25, -0.2) is 9.97 Å². The third-order valence-electron chi connectivity index (χ3n) is 6.51. The van der Waals surface area contributed by atoms with Gasteiger partial charge in [0.05, 0.1) is 5.39 Å². The van der Waals surface area contributed by atoms with E-state index in [4.69, 9.17) is 10.1 Å². The van der Waals surface area contributed by atoms with E-state index < -0.39 is 0 Å². The molecule has 2 aliphatic rings. The summed E-state index contributed by atoms with van der Waals surface area (Å²) >= 11 is 0. The fourth-order valence-electron chi connectivity index (χ4n) is 5.11. The average Bonchev–Trinajstić information content (AvgIpc) is 3.06. The third-order valence-corrected chi connectivity index (χ3v) is 6.51. The van der Waals surface area contributed by atoms with Gasteiger partial charge in [0.1, 0.15) is 5.82 Å². The van der Waals surface area contributed by atoms with Crippen LogP contribution >= 0.6 is 0 Å². The molecule has 0 amide bonds. The summed E-state index contributed by atoms with van der Waals surface area (Å²) < 4.78 is 2.02. The number of aryl methyl sites for hydroxylation is 3. The van der Waals surface area contributed by atoms with Crippen LogP contribution in [0, 0.1) is 20.8 Å². The first-order chi connectivity index (χ1) is 13.6. The molecule has 1 aliphatic heterocycles. The number of piperazine rings is 1. The number of hydrogen-bond acceptors (Lipinski definition) is 5. The van der Waals surface area contributed by atoms with Crippen LogP contribution in [0.3, 0.4) is 0 Å². The van der Waals surface area contributed by atoms with E-state index in [1.807, 2.05) is 11.4 Å². The largest absolute Gasteiger partial charge is 0.354 e. The second kappa shape index (κ2) is 6.99. The molecule has 4 heterocycles. The van der Waals surface area contributed by atoms with Crippen molar-refractivity contribution in [3.05, 3.63) is 29.1 Å². The first-order valence-corrected chi connectivity index (χ1v) is 10.7. The topological polar surface area (TPSA) is 49.6 Å². The molecule has 0 atom stereocenters. The Kier molecular flexibility index (Phi) is 4.46. The van der Waals surface area contributed by atoms with Crippen LogP contribution in [-0.2, 0) is 0 Å². The second-order valence-electron chi connectivity index (χ2n) is 8.59. The molecular weight excluding hydrogens is 348 g/mol. The summed E-state index contributed by atoms with van der Waals surface area (Å²) in [7, 11) is 0. The van der Waals surface area contributed by atoms with Gasteiger partial charge in [-0.3, -0.25) is 4.90 Å². The van der Waals surface area contributed by atoms with Gasteiger partial charge in [0.25, 0.3) is 0 Å². The molecule has 3 aromatic rings. The Balaban J connectivity index is 1.48. The van der Waals surface area contributed by atoms with Gasteiger partial charge in [0, 0.05) is 49.7 Å². The van der Waals surface area contributed by atoms with Crippen LogP contribution < -0.4 is 4.90 Å². The molecule has 1 aliphatic carbocycles. The Labute approximate surface area is 166 Å². The van der Waals surface area contributed by atoms with Crippen molar-refractivity contribution in [2.45, 2.75) is 58.9 Å². The van der Waals surface area contributed by atoms with Crippen molar-refractivity contribution >= 4 is 22.5 Å². The molecular formula is C22H30N6. The zero-order valence-electron chi connectivity index (χ0n) is 17.3. The Morgan fingerprint density at radius 3 is 2.32 bits per heavy atom. The Morgan fingerprint density at radius 1 is 0.857 bits per heavy atom. The van der Waals surface area contributed by atoms with Crippen LogP contribution in [0.2, 0.25) is 0 Å². The molecule has 0 spiro atoms. The number of nitrogens with zero attached hydrogens (tertiary/aromatic N) is 6. The minimum atomic E-state index is 0.803. The number of hydrogen-bond donors (Lipinski definition) is 0. The molecule has 0 N–H and O–H groups in total. The van der Waals surface area contributed by atoms with Gasteiger partial charge in [-0.2, -0.15) is 4.52 Å². The number of aromatic nitrogens is 4. The van der Waals surface area contributed by atoms with Crippen molar-refractivity contribution in [1.29, 1.82) is 0 Å². The lowest BCUT2D eigenvalue weighted by molar-refractivity contribution is 0.147. The zero-order valence-corrected chi connectivity index (χ0v) is 17.3. The molecule has 148 valence electrons. The van der Waals surface area contributed by atoms with Crippen molar-refractivity contribution in [2.75, 3.05) is 31.1 Å². The van der Waals surface area contributed by atoms with Crippen molar-refractivity contribution in [3.8, 4) is 0 Å². The maximum Gasteiger partial charge on any atom is 0.184 e. The predicted molar refractivity (Wildman–Crippen MR) is 113 cm³/mol. The summed E-state index contributed by atoms with van der Waals surface area (Å²) in [5, 5.41) is 5.93. The van der Waals surface area contributed by atoms with E-state index in [1.54, 1.807) is 0 Å². The van der Waals surface area contributed by atoms with E-state index in [0.29, 0.717) is 0 Å². The van der Waals surface area contributed by atoms with Crippen molar-refractivity contribution < 1.29 is 0 Å². The number of pyridine rings is 1. The molecule has 2 fully saturated rings. The Bertz CT molecular complexity index is 1010. The SMILES string of the molecule is Cc1cc(C)c2c(n1)nn1c(N3CCN(C4CCCCC4)CC3)cc(C)nc21. The van der Waals surface area contributed by atoms with Gasteiger partial charge >= 0.3 is 0 Å². The highest BCUT2D eigenvalue weighted by atomic mass is 15.4. The molecule has 0 bridgehead atoms. The van der Waals surface area contributed by atoms with E-state index in [0.717, 1.165) is 66.1 Å². The van der Waals surface area contributed by atoms with Crippen LogP contribution in [0.5, 0.6) is 0 Å². The predicted octanol–water partition coefficient (Wildman–Crippen LogP) is 3.66. The molecule has 0 unspecified atom stereocenters. The Hall–Kier alpha value is -2.21. The summed E-state index contributed by atoms with van der Waals surface area (Å²) in [5.74, 6) is 1.15. The molecule has 1 saturated heterocycles. The van der Waals surface area contributed by atoms with Gasteiger partial charge in [-0.05, 0) is 45.2 Å². The normalized spacial score (nSPS) is 19.8. The maximum atomic E-state index is 4.85. The van der Waals surface area contributed by atoms with E-state index in [-0.39, 0.29) is 0 Å². The third kappa shape index (κ3) is 3.04. The molecule has 6 heteroatoms. The summed E-state index contributed by atoms with van der Waals surface area (Å²) in [5.41, 5.74) is 4.98. The summed E-state index contributed by atoms with van der Waals surface area (Å²) in [4.78, 5) is 14.7. The smallest absolute Gasteiger partial charge is 0.184 e. The first kappa shape index (κ1) is 17.9. The highest BCUT2D eigenvalue weighted by molar-refractivity contribution is 5.93. The number of fused-ring (bicyclic) bond motifs is 3. The Morgan fingerprint density at radius 2 is 1.57 bits per heavy atom. The lowest BCUT2D eigenvalue weighted by Gasteiger charge is -2.41. The van der Waals surface area contributed by atoms with Crippen LogP contribution in [0.25, 0.3) is 16.7 Å². The van der Waals surface area contributed by atoms with Crippen LogP contribution in [0.15, 0.2) is 12.1 Å². The van der Waals surface area contributed by atoms with Crippen LogP contribution in [0.4, 0.5) is 5.82 Å². The molecule has 0 aromatic carbocycles. The minimum absolute atomic E-state index is 0.803. The number of rotatable bonds is 2. The van der Waals surface area contributed by atoms with Gasteiger partial charge in [0.2, 0.25) is 0 Å². The zero-order chi connectivity index (χ0) is 19.3. The molecule has 6 nitrogen and oxygen atoms in total. The summed E-state index contributed by atoms with van der Waals surface area (Å²) in [6.45, 7) is 10.6. The van der Waals surface area contributed by atoms with Crippen LogP contribution in [-0.4, -0.2) is 56.7 Å². The van der Waals surface area contributed by atoms with Gasteiger partial charge in [0.15, 0.2) is 11.3 Å². The van der Waals surface area contributed by atoms with Crippen molar-refractivity contribution in [1.82, 2.24) is 24.5 Å². The quantitative estimate of drug-likeness (QED) is 0.681. The van der Waals surface area contributed by atoms with E-state index >= 15 is 0 Å². The number of anilines is 1. The van der Waals surface area contributed by atoms with E-state index in [2.05, 4.69) is 40.8 Å². The highest BCUT2D eigenvalue weighted by Crippen LogP contribution is 2.28.